The summed E-state index contributed by atoms with van der Waals surface area (Å²) < 4.78 is 4.72. The van der Waals surface area contributed by atoms with Crippen LogP contribution in [0.5, 0.6) is 0 Å². The first kappa shape index (κ1) is 16.2. The summed E-state index contributed by atoms with van der Waals surface area (Å²) in [4.78, 5) is 24.9. The maximum Gasteiger partial charge on any atom is 0.307 e. The number of hydrogen-bond acceptors (Lipinski definition) is 4. The molecule has 4 nitrogen and oxygen atoms in total. The van der Waals surface area contributed by atoms with Gasteiger partial charge < -0.3 is 10.1 Å². The summed E-state index contributed by atoms with van der Waals surface area (Å²) in [7, 11) is 1.35. The first-order valence-electron chi connectivity index (χ1n) is 6.99. The molecule has 2 aromatic rings. The van der Waals surface area contributed by atoms with Crippen molar-refractivity contribution in [3.63, 3.8) is 0 Å². The predicted molar refractivity (Wildman–Crippen MR) is 87.1 cm³/mol. The van der Waals surface area contributed by atoms with Gasteiger partial charge in [-0.15, -0.1) is 11.3 Å². The average molecular weight is 317 g/mol. The molecular formula is C17H19NO3S. The van der Waals surface area contributed by atoms with Crippen molar-refractivity contribution >= 4 is 23.2 Å². The molecule has 2 rings (SSSR count). The largest absolute Gasteiger partial charge is 0.469 e. The van der Waals surface area contributed by atoms with Gasteiger partial charge in [-0.2, -0.15) is 0 Å². The molecule has 1 aromatic carbocycles. The van der Waals surface area contributed by atoms with Gasteiger partial charge in [0, 0.05) is 10.4 Å². The van der Waals surface area contributed by atoms with Gasteiger partial charge >= 0.3 is 5.97 Å². The number of aryl methyl sites for hydroxylation is 2. The van der Waals surface area contributed by atoms with Crippen molar-refractivity contribution < 1.29 is 14.3 Å². The van der Waals surface area contributed by atoms with Crippen LogP contribution in [0.3, 0.4) is 0 Å². The number of hydrogen-bond donors (Lipinski definition) is 1. The number of methoxy groups -OCH3 is 1. The third-order valence-electron chi connectivity index (χ3n) is 3.56. The van der Waals surface area contributed by atoms with Crippen molar-refractivity contribution in [3.8, 4) is 0 Å². The minimum Gasteiger partial charge on any atom is -0.469 e. The molecule has 1 N–H and O–H groups in total. The molecular weight excluding hydrogens is 298 g/mol. The number of ether oxygens (including phenoxy) is 1. The van der Waals surface area contributed by atoms with Crippen molar-refractivity contribution in [2.75, 3.05) is 7.11 Å². The highest BCUT2D eigenvalue weighted by molar-refractivity contribution is 7.10. The molecule has 0 aliphatic heterocycles. The number of thiophene rings is 1. The SMILES string of the molecule is COC(=O)CC(NC(=O)c1ccc(C)c(C)c1)c1cccs1. The normalized spacial score (nSPS) is 11.8. The fraction of sp³-hybridized carbons (Fsp3) is 0.294. The number of carbonyl (C=O) groups is 2. The Morgan fingerprint density at radius 3 is 2.59 bits per heavy atom. The predicted octanol–water partition coefficient (Wildman–Crippen LogP) is 3.40. The molecule has 0 aliphatic carbocycles. The smallest absolute Gasteiger partial charge is 0.307 e. The molecule has 0 bridgehead atoms. The van der Waals surface area contributed by atoms with E-state index in [4.69, 9.17) is 4.74 Å². The molecule has 0 saturated heterocycles. The minimum absolute atomic E-state index is 0.119. The Hall–Kier alpha value is -2.14. The molecule has 0 saturated carbocycles. The number of carbonyl (C=O) groups excluding carboxylic acids is 2. The van der Waals surface area contributed by atoms with Crippen LogP contribution in [-0.4, -0.2) is 19.0 Å². The molecule has 0 spiro atoms. The van der Waals surface area contributed by atoms with Crippen molar-refractivity contribution in [2.24, 2.45) is 0 Å². The number of benzene rings is 1. The number of amides is 1. The second-order valence-corrected chi connectivity index (χ2v) is 6.10. The van der Waals surface area contributed by atoms with Crippen molar-refractivity contribution in [2.45, 2.75) is 26.3 Å². The summed E-state index contributed by atoms with van der Waals surface area (Å²) in [5, 5.41) is 4.84. The van der Waals surface area contributed by atoms with Gasteiger partial charge in [0.15, 0.2) is 0 Å². The lowest BCUT2D eigenvalue weighted by Crippen LogP contribution is -2.30. The second kappa shape index (κ2) is 7.22. The average Bonchev–Trinajstić information content (AvgIpc) is 3.03. The van der Waals surface area contributed by atoms with Gasteiger partial charge in [-0.25, -0.2) is 0 Å². The summed E-state index contributed by atoms with van der Waals surface area (Å²) >= 11 is 1.50. The van der Waals surface area contributed by atoms with Crippen LogP contribution in [0.1, 0.15) is 38.8 Å². The van der Waals surface area contributed by atoms with E-state index in [1.165, 1.54) is 18.4 Å². The maximum absolute atomic E-state index is 12.4. The fourth-order valence-corrected chi connectivity index (χ4v) is 2.86. The molecule has 1 atom stereocenters. The van der Waals surface area contributed by atoms with E-state index in [0.29, 0.717) is 5.56 Å². The lowest BCUT2D eigenvalue weighted by atomic mass is 10.1. The third-order valence-corrected chi connectivity index (χ3v) is 4.55. The molecule has 0 fully saturated rings. The van der Waals surface area contributed by atoms with E-state index in [1.54, 1.807) is 6.07 Å². The highest BCUT2D eigenvalue weighted by Gasteiger charge is 2.20. The third kappa shape index (κ3) is 3.95. The van der Waals surface area contributed by atoms with Crippen LogP contribution in [0.25, 0.3) is 0 Å². The van der Waals surface area contributed by atoms with Gasteiger partial charge in [-0.05, 0) is 48.6 Å². The Morgan fingerprint density at radius 1 is 1.23 bits per heavy atom. The standard InChI is InChI=1S/C17H19NO3S/c1-11-6-7-13(9-12(11)2)17(20)18-14(10-16(19)21-3)15-5-4-8-22-15/h4-9,14H,10H2,1-3H3,(H,18,20). The summed E-state index contributed by atoms with van der Waals surface area (Å²) in [6.07, 6.45) is 0.119. The second-order valence-electron chi connectivity index (χ2n) is 5.12. The Balaban J connectivity index is 2.17. The Bertz CT molecular complexity index is 665. The fourth-order valence-electron chi connectivity index (χ4n) is 2.09. The van der Waals surface area contributed by atoms with Crippen LogP contribution < -0.4 is 5.32 Å². The quantitative estimate of drug-likeness (QED) is 0.860. The van der Waals surface area contributed by atoms with Crippen LogP contribution in [-0.2, 0) is 9.53 Å². The van der Waals surface area contributed by atoms with Crippen molar-refractivity contribution in [3.05, 3.63) is 57.3 Å². The summed E-state index contributed by atoms with van der Waals surface area (Å²) in [5.41, 5.74) is 2.80. The van der Waals surface area contributed by atoms with Gasteiger partial charge in [0.1, 0.15) is 0 Å². The number of nitrogens with one attached hydrogen (secondary N) is 1. The van der Waals surface area contributed by atoms with E-state index in [9.17, 15) is 9.59 Å². The van der Waals surface area contributed by atoms with Crippen LogP contribution >= 0.6 is 11.3 Å². The topological polar surface area (TPSA) is 55.4 Å². The minimum atomic E-state index is -0.374. The first-order chi connectivity index (χ1) is 10.5. The van der Waals surface area contributed by atoms with Crippen molar-refractivity contribution in [1.82, 2.24) is 5.32 Å². The highest BCUT2D eigenvalue weighted by Crippen LogP contribution is 2.23. The number of rotatable bonds is 5. The lowest BCUT2D eigenvalue weighted by molar-refractivity contribution is -0.141. The van der Waals surface area contributed by atoms with Gasteiger partial charge in [0.2, 0.25) is 0 Å². The Labute approximate surface area is 134 Å². The summed E-state index contributed by atoms with van der Waals surface area (Å²) in [6.45, 7) is 3.97. The maximum atomic E-state index is 12.4. The zero-order valence-electron chi connectivity index (χ0n) is 12.9. The molecule has 1 amide bonds. The summed E-state index contributed by atoms with van der Waals surface area (Å²) in [6, 6.07) is 8.99. The first-order valence-corrected chi connectivity index (χ1v) is 7.87. The molecule has 116 valence electrons. The highest BCUT2D eigenvalue weighted by atomic mass is 32.1. The Kier molecular flexibility index (Phi) is 5.33. The van der Waals surface area contributed by atoms with E-state index < -0.39 is 0 Å². The van der Waals surface area contributed by atoms with Gasteiger partial charge in [-0.1, -0.05) is 12.1 Å². The van der Waals surface area contributed by atoms with Gasteiger partial charge in [0.05, 0.1) is 19.6 Å². The zero-order valence-corrected chi connectivity index (χ0v) is 13.7. The lowest BCUT2D eigenvalue weighted by Gasteiger charge is -2.17. The number of esters is 1. The van der Waals surface area contributed by atoms with Crippen LogP contribution in [0.15, 0.2) is 35.7 Å². The summed E-state index contributed by atoms with van der Waals surface area (Å²) in [5.74, 6) is -0.538. The van der Waals surface area contributed by atoms with E-state index in [1.807, 2.05) is 43.5 Å². The zero-order chi connectivity index (χ0) is 16.1. The molecule has 1 heterocycles. The van der Waals surface area contributed by atoms with Crippen LogP contribution in [0.2, 0.25) is 0 Å². The Morgan fingerprint density at radius 2 is 2.00 bits per heavy atom. The van der Waals surface area contributed by atoms with Crippen LogP contribution in [0.4, 0.5) is 0 Å². The van der Waals surface area contributed by atoms with E-state index in [2.05, 4.69) is 5.32 Å². The monoisotopic (exact) mass is 317 g/mol. The molecule has 1 aromatic heterocycles. The van der Waals surface area contributed by atoms with E-state index in [-0.39, 0.29) is 24.3 Å². The molecule has 22 heavy (non-hydrogen) atoms. The van der Waals surface area contributed by atoms with E-state index in [0.717, 1.165) is 16.0 Å². The molecule has 5 heteroatoms. The van der Waals surface area contributed by atoms with E-state index >= 15 is 0 Å². The molecule has 0 aliphatic rings. The van der Waals surface area contributed by atoms with Crippen molar-refractivity contribution in [1.29, 1.82) is 0 Å². The molecule has 1 unspecified atom stereocenters. The van der Waals surface area contributed by atoms with Gasteiger partial charge in [0.25, 0.3) is 5.91 Å². The van der Waals surface area contributed by atoms with Gasteiger partial charge in [-0.3, -0.25) is 9.59 Å². The molecule has 0 radical (unpaired) electrons. The van der Waals surface area contributed by atoms with Crippen LogP contribution in [0, 0.1) is 13.8 Å².